The van der Waals surface area contributed by atoms with E-state index in [1.807, 2.05) is 25.1 Å². The normalized spacial score (nSPS) is 11.4. The van der Waals surface area contributed by atoms with Crippen molar-refractivity contribution in [1.29, 1.82) is 0 Å². The third kappa shape index (κ3) is 2.42. The molecule has 0 saturated heterocycles. The Hall–Kier alpha value is -1.64. The van der Waals surface area contributed by atoms with Crippen LogP contribution in [0, 0.1) is 0 Å². The maximum Gasteiger partial charge on any atom is 0.0957 e. The van der Waals surface area contributed by atoms with E-state index in [9.17, 15) is 0 Å². The lowest BCUT2D eigenvalue weighted by Gasteiger charge is -2.08. The van der Waals surface area contributed by atoms with Crippen molar-refractivity contribution in [2.75, 3.05) is 18.6 Å². The molecule has 1 rings (SSSR count). The third-order valence-electron chi connectivity index (χ3n) is 2.12. The fourth-order valence-electron chi connectivity index (χ4n) is 1.25. The number of methoxy groups -OCH3 is 1. The predicted octanol–water partition coefficient (Wildman–Crippen LogP) is 1.94. The van der Waals surface area contributed by atoms with E-state index in [1.54, 1.807) is 13.2 Å². The van der Waals surface area contributed by atoms with Gasteiger partial charge in [-0.15, -0.1) is 0 Å². The fourth-order valence-corrected chi connectivity index (χ4v) is 1.25. The predicted molar refractivity (Wildman–Crippen MR) is 59.7 cm³/mol. The van der Waals surface area contributed by atoms with Crippen LogP contribution in [0.1, 0.15) is 12.5 Å². The summed E-state index contributed by atoms with van der Waals surface area (Å²) in [6.45, 7) is 1.94. The van der Waals surface area contributed by atoms with Crippen LogP contribution in [0.25, 0.3) is 0 Å². The Balaban J connectivity index is 2.87. The molecular formula is C11H16N2O. The third-order valence-corrected chi connectivity index (χ3v) is 2.12. The molecule has 14 heavy (non-hydrogen) atoms. The summed E-state index contributed by atoms with van der Waals surface area (Å²) in [7, 11) is 1.66. The monoisotopic (exact) mass is 192 g/mol. The first-order chi connectivity index (χ1) is 6.67. The van der Waals surface area contributed by atoms with Gasteiger partial charge >= 0.3 is 0 Å². The van der Waals surface area contributed by atoms with Crippen molar-refractivity contribution >= 4 is 11.4 Å². The van der Waals surface area contributed by atoms with Gasteiger partial charge in [0.25, 0.3) is 0 Å². The van der Waals surface area contributed by atoms with Crippen molar-refractivity contribution in [2.24, 2.45) is 0 Å². The molecule has 0 unspecified atom stereocenters. The molecule has 0 heterocycles. The molecule has 3 nitrogen and oxygen atoms in total. The van der Waals surface area contributed by atoms with Crippen LogP contribution in [0.2, 0.25) is 0 Å². The van der Waals surface area contributed by atoms with Gasteiger partial charge in [-0.3, -0.25) is 0 Å². The molecule has 0 atom stereocenters. The quantitative estimate of drug-likeness (QED) is 0.568. The Morgan fingerprint density at radius 3 is 2.64 bits per heavy atom. The molecule has 0 aliphatic carbocycles. The zero-order chi connectivity index (χ0) is 10.6. The molecule has 3 heteroatoms. The maximum atomic E-state index is 5.82. The van der Waals surface area contributed by atoms with Crippen LogP contribution in [-0.2, 0) is 11.2 Å². The lowest BCUT2D eigenvalue weighted by Crippen LogP contribution is -1.99. The first kappa shape index (κ1) is 10.4. The van der Waals surface area contributed by atoms with Gasteiger partial charge in [0.05, 0.1) is 12.9 Å². The standard InChI is InChI=1S/C11H16N2O/c1-3-10(14-2)6-8-4-5-9(12)7-11(8)13/h3-5,7H,6,12-13H2,1-2H3/b10-3-. The second-order valence-electron chi connectivity index (χ2n) is 3.09. The minimum absolute atomic E-state index is 0.686. The Kier molecular flexibility index (Phi) is 3.40. The number of benzene rings is 1. The molecular weight excluding hydrogens is 176 g/mol. The molecule has 76 valence electrons. The van der Waals surface area contributed by atoms with Crippen molar-refractivity contribution in [3.8, 4) is 0 Å². The van der Waals surface area contributed by atoms with E-state index in [0.29, 0.717) is 17.8 Å². The molecule has 0 amide bonds. The number of anilines is 2. The number of hydrogen-bond acceptors (Lipinski definition) is 3. The first-order valence-electron chi connectivity index (χ1n) is 4.50. The molecule has 0 aliphatic rings. The van der Waals surface area contributed by atoms with E-state index in [2.05, 4.69) is 0 Å². The summed E-state index contributed by atoms with van der Waals surface area (Å²) >= 11 is 0. The van der Waals surface area contributed by atoms with E-state index in [4.69, 9.17) is 16.2 Å². The van der Waals surface area contributed by atoms with Crippen molar-refractivity contribution in [3.63, 3.8) is 0 Å². The average molecular weight is 192 g/mol. The van der Waals surface area contributed by atoms with Gasteiger partial charge in [-0.1, -0.05) is 6.07 Å². The molecule has 0 bridgehead atoms. The topological polar surface area (TPSA) is 61.3 Å². The highest BCUT2D eigenvalue weighted by Gasteiger charge is 2.02. The number of hydrogen-bond donors (Lipinski definition) is 2. The molecule has 1 aromatic rings. The molecule has 0 fully saturated rings. The van der Waals surface area contributed by atoms with E-state index in [-0.39, 0.29) is 0 Å². The lowest BCUT2D eigenvalue weighted by atomic mass is 10.1. The molecule has 0 spiro atoms. The number of nitrogens with two attached hydrogens (primary N) is 2. The number of allylic oxidation sites excluding steroid dienone is 2. The highest BCUT2D eigenvalue weighted by atomic mass is 16.5. The Morgan fingerprint density at radius 1 is 1.43 bits per heavy atom. The van der Waals surface area contributed by atoms with Gasteiger partial charge in [-0.25, -0.2) is 0 Å². The first-order valence-corrected chi connectivity index (χ1v) is 4.50. The SMILES string of the molecule is C/C=C(/Cc1ccc(N)cc1N)OC. The average Bonchev–Trinajstić information content (AvgIpc) is 2.17. The van der Waals surface area contributed by atoms with Crippen LogP contribution in [0.15, 0.2) is 30.0 Å². The largest absolute Gasteiger partial charge is 0.501 e. The van der Waals surface area contributed by atoms with E-state index in [1.165, 1.54) is 0 Å². The summed E-state index contributed by atoms with van der Waals surface area (Å²) < 4.78 is 5.16. The molecule has 0 saturated carbocycles. The van der Waals surface area contributed by atoms with E-state index >= 15 is 0 Å². The van der Waals surface area contributed by atoms with Gasteiger partial charge < -0.3 is 16.2 Å². The summed E-state index contributed by atoms with van der Waals surface area (Å²) in [5.41, 5.74) is 13.8. The van der Waals surface area contributed by atoms with Crippen molar-refractivity contribution < 1.29 is 4.74 Å². The smallest absolute Gasteiger partial charge is 0.0957 e. The Bertz CT molecular complexity index is 345. The number of rotatable bonds is 3. The van der Waals surface area contributed by atoms with Crippen molar-refractivity contribution in [1.82, 2.24) is 0 Å². The highest BCUT2D eigenvalue weighted by molar-refractivity contribution is 5.57. The van der Waals surface area contributed by atoms with E-state index < -0.39 is 0 Å². The maximum absolute atomic E-state index is 5.82. The summed E-state index contributed by atoms with van der Waals surface area (Å²) in [6.07, 6.45) is 2.63. The van der Waals surface area contributed by atoms with Crippen LogP contribution in [0.5, 0.6) is 0 Å². The molecule has 0 radical (unpaired) electrons. The molecule has 0 aromatic heterocycles. The van der Waals surface area contributed by atoms with Gasteiger partial charge in [-0.05, 0) is 30.7 Å². The minimum atomic E-state index is 0.686. The second-order valence-corrected chi connectivity index (χ2v) is 3.09. The highest BCUT2D eigenvalue weighted by Crippen LogP contribution is 2.19. The van der Waals surface area contributed by atoms with Crippen LogP contribution in [0.3, 0.4) is 0 Å². The van der Waals surface area contributed by atoms with Crippen LogP contribution >= 0.6 is 0 Å². The van der Waals surface area contributed by atoms with Crippen molar-refractivity contribution in [3.05, 3.63) is 35.6 Å². The summed E-state index contributed by atoms with van der Waals surface area (Å²) in [6, 6.07) is 5.53. The van der Waals surface area contributed by atoms with Gasteiger partial charge in [0, 0.05) is 17.8 Å². The van der Waals surface area contributed by atoms with Gasteiger partial charge in [0.2, 0.25) is 0 Å². The van der Waals surface area contributed by atoms with Crippen LogP contribution < -0.4 is 11.5 Å². The molecule has 1 aromatic carbocycles. The molecule has 0 aliphatic heterocycles. The minimum Gasteiger partial charge on any atom is -0.501 e. The Morgan fingerprint density at radius 2 is 2.14 bits per heavy atom. The zero-order valence-electron chi connectivity index (χ0n) is 8.58. The summed E-state index contributed by atoms with van der Waals surface area (Å²) in [5.74, 6) is 0.904. The second kappa shape index (κ2) is 4.56. The van der Waals surface area contributed by atoms with Gasteiger partial charge in [0.1, 0.15) is 0 Å². The zero-order valence-corrected chi connectivity index (χ0v) is 8.58. The van der Waals surface area contributed by atoms with Gasteiger partial charge in [-0.2, -0.15) is 0 Å². The summed E-state index contributed by atoms with van der Waals surface area (Å²) in [5, 5.41) is 0. The van der Waals surface area contributed by atoms with E-state index in [0.717, 1.165) is 11.3 Å². The van der Waals surface area contributed by atoms with Crippen LogP contribution in [0.4, 0.5) is 11.4 Å². The van der Waals surface area contributed by atoms with Crippen LogP contribution in [-0.4, -0.2) is 7.11 Å². The Labute approximate surface area is 84.4 Å². The number of nitrogen functional groups attached to an aromatic ring is 2. The summed E-state index contributed by atoms with van der Waals surface area (Å²) in [4.78, 5) is 0. The number of ether oxygens (including phenoxy) is 1. The van der Waals surface area contributed by atoms with Gasteiger partial charge in [0.15, 0.2) is 0 Å². The van der Waals surface area contributed by atoms with Crippen molar-refractivity contribution in [2.45, 2.75) is 13.3 Å². The fraction of sp³-hybridized carbons (Fsp3) is 0.273. The molecule has 4 N–H and O–H groups in total. The lowest BCUT2D eigenvalue weighted by molar-refractivity contribution is 0.282.